The van der Waals surface area contributed by atoms with Gasteiger partial charge in [-0.05, 0) is 22.0 Å². The molecule has 0 aromatic carbocycles. The minimum absolute atomic E-state index is 0.322. The molecule has 0 bridgehead atoms. The lowest BCUT2D eigenvalue weighted by atomic mass is 10.1. The lowest BCUT2D eigenvalue weighted by Crippen LogP contribution is -2.48. The van der Waals surface area contributed by atoms with E-state index >= 15 is 0 Å². The Balaban J connectivity index is 2.24. The smallest absolute Gasteiger partial charge is 0.240 e. The van der Waals surface area contributed by atoms with Crippen LogP contribution >= 0.6 is 38.9 Å². The maximum atomic E-state index is 11.6. The van der Waals surface area contributed by atoms with Crippen LogP contribution < -0.4 is 11.1 Å². The number of thiophene rings is 1. The van der Waals surface area contributed by atoms with E-state index in [2.05, 4.69) is 26.1 Å². The molecule has 1 aromatic rings. The second-order valence-corrected chi connectivity index (χ2v) is 6.40. The van der Waals surface area contributed by atoms with Crippen LogP contribution in [0.15, 0.2) is 10.5 Å². The predicted molar refractivity (Wildman–Crippen MR) is 73.4 cm³/mol. The number of rotatable bonds is 3. The summed E-state index contributed by atoms with van der Waals surface area (Å²) in [6.07, 6.45) is 0. The number of hydrogen-bond acceptors (Lipinski definition) is 4. The molecule has 4 nitrogen and oxygen atoms in total. The van der Waals surface area contributed by atoms with Gasteiger partial charge in [0, 0.05) is 35.5 Å². The van der Waals surface area contributed by atoms with Crippen molar-refractivity contribution in [2.24, 2.45) is 5.73 Å². The van der Waals surface area contributed by atoms with Gasteiger partial charge < -0.3 is 11.1 Å². The molecular weight excluding hydrogens is 326 g/mol. The maximum absolute atomic E-state index is 11.6. The van der Waals surface area contributed by atoms with Crippen molar-refractivity contribution in [3.8, 4) is 0 Å². The van der Waals surface area contributed by atoms with Crippen LogP contribution in [0.5, 0.6) is 0 Å². The molecule has 0 spiro atoms. The summed E-state index contributed by atoms with van der Waals surface area (Å²) < 4.78 is 1.47. The van der Waals surface area contributed by atoms with Crippen LogP contribution in [0.25, 0.3) is 0 Å². The number of halogens is 2. The molecule has 1 fully saturated rings. The standard InChI is InChI=1S/C10H13BrClN3OS/c11-6-5-7(17-9(6)12)8(10(13)16)15-3-1-14-2-4-15/h5,8,14H,1-4H2,(H2,13,16). The van der Waals surface area contributed by atoms with Crippen molar-refractivity contribution in [2.45, 2.75) is 6.04 Å². The molecule has 2 heterocycles. The number of carbonyl (C=O) groups is 1. The summed E-state index contributed by atoms with van der Waals surface area (Å²) in [6.45, 7) is 3.40. The molecule has 1 aromatic heterocycles. The van der Waals surface area contributed by atoms with Gasteiger partial charge >= 0.3 is 0 Å². The van der Waals surface area contributed by atoms with E-state index in [1.807, 2.05) is 6.07 Å². The minimum Gasteiger partial charge on any atom is -0.368 e. The average molecular weight is 339 g/mol. The molecular formula is C10H13BrClN3OS. The van der Waals surface area contributed by atoms with Crippen LogP contribution in [0, 0.1) is 0 Å². The number of nitrogens with one attached hydrogen (secondary N) is 1. The molecule has 2 rings (SSSR count). The molecule has 0 saturated carbocycles. The fourth-order valence-electron chi connectivity index (χ4n) is 1.94. The second-order valence-electron chi connectivity index (χ2n) is 3.86. The van der Waals surface area contributed by atoms with Crippen LogP contribution in [-0.2, 0) is 4.79 Å². The number of piperazine rings is 1. The summed E-state index contributed by atoms with van der Waals surface area (Å²) in [5.74, 6) is -0.322. The molecule has 3 N–H and O–H groups in total. The summed E-state index contributed by atoms with van der Waals surface area (Å²) in [7, 11) is 0. The highest BCUT2D eigenvalue weighted by atomic mass is 79.9. The molecule has 17 heavy (non-hydrogen) atoms. The molecule has 1 aliphatic rings. The zero-order valence-corrected chi connectivity index (χ0v) is 12.2. The zero-order valence-electron chi connectivity index (χ0n) is 9.08. The van der Waals surface area contributed by atoms with Crippen molar-refractivity contribution < 1.29 is 4.79 Å². The van der Waals surface area contributed by atoms with Gasteiger partial charge in [0.2, 0.25) is 5.91 Å². The van der Waals surface area contributed by atoms with Gasteiger partial charge in [-0.2, -0.15) is 0 Å². The number of hydrogen-bond donors (Lipinski definition) is 2. The Kier molecular flexibility index (Phi) is 4.43. The SMILES string of the molecule is NC(=O)C(c1cc(Br)c(Cl)s1)N1CCNCC1. The van der Waals surface area contributed by atoms with E-state index in [1.165, 1.54) is 11.3 Å². The summed E-state index contributed by atoms with van der Waals surface area (Å²) >= 11 is 10.8. The third-order valence-corrected chi connectivity index (χ3v) is 5.25. The Morgan fingerprint density at radius 3 is 2.71 bits per heavy atom. The van der Waals surface area contributed by atoms with Crippen LogP contribution in [-0.4, -0.2) is 37.0 Å². The monoisotopic (exact) mass is 337 g/mol. The normalized spacial score (nSPS) is 19.2. The number of nitrogens with two attached hydrogens (primary N) is 1. The van der Waals surface area contributed by atoms with Crippen molar-refractivity contribution in [1.82, 2.24) is 10.2 Å². The Bertz CT molecular complexity index is 400. The van der Waals surface area contributed by atoms with Gasteiger partial charge in [0.1, 0.15) is 10.4 Å². The van der Waals surface area contributed by atoms with Crippen molar-refractivity contribution >= 4 is 44.8 Å². The van der Waals surface area contributed by atoms with Crippen LogP contribution in [0.4, 0.5) is 0 Å². The summed E-state index contributed by atoms with van der Waals surface area (Å²) in [5, 5.41) is 3.25. The van der Waals surface area contributed by atoms with Crippen LogP contribution in [0.3, 0.4) is 0 Å². The molecule has 1 atom stereocenters. The zero-order chi connectivity index (χ0) is 12.4. The Morgan fingerprint density at radius 1 is 1.59 bits per heavy atom. The number of amides is 1. The van der Waals surface area contributed by atoms with E-state index in [4.69, 9.17) is 17.3 Å². The van der Waals surface area contributed by atoms with E-state index in [0.29, 0.717) is 4.34 Å². The topological polar surface area (TPSA) is 58.4 Å². The number of carbonyl (C=O) groups excluding carboxylic acids is 1. The molecule has 0 radical (unpaired) electrons. The van der Waals surface area contributed by atoms with Gasteiger partial charge in [-0.25, -0.2) is 0 Å². The van der Waals surface area contributed by atoms with Gasteiger partial charge in [-0.15, -0.1) is 11.3 Å². The molecule has 1 amide bonds. The Morgan fingerprint density at radius 2 is 2.24 bits per heavy atom. The third-order valence-electron chi connectivity index (χ3n) is 2.72. The average Bonchev–Trinajstić information content (AvgIpc) is 2.60. The Labute approximate surface area is 117 Å². The molecule has 1 saturated heterocycles. The molecule has 0 aliphatic carbocycles. The van der Waals surface area contributed by atoms with Gasteiger partial charge in [0.15, 0.2) is 0 Å². The summed E-state index contributed by atoms with van der Waals surface area (Å²) in [6, 6.07) is 1.51. The fraction of sp³-hybridized carbons (Fsp3) is 0.500. The summed E-state index contributed by atoms with van der Waals surface area (Å²) in [4.78, 5) is 14.6. The van der Waals surface area contributed by atoms with Crippen molar-refractivity contribution in [3.05, 3.63) is 19.8 Å². The van der Waals surface area contributed by atoms with Crippen LogP contribution in [0.1, 0.15) is 10.9 Å². The van der Waals surface area contributed by atoms with Gasteiger partial charge in [0.05, 0.1) is 0 Å². The fourth-order valence-corrected chi connectivity index (χ4v) is 3.82. The first-order valence-electron chi connectivity index (χ1n) is 5.28. The summed E-state index contributed by atoms with van der Waals surface area (Å²) in [5.41, 5.74) is 5.51. The van der Waals surface area contributed by atoms with Gasteiger partial charge in [-0.3, -0.25) is 9.69 Å². The van der Waals surface area contributed by atoms with Gasteiger partial charge in [-0.1, -0.05) is 11.6 Å². The minimum atomic E-state index is -0.370. The highest BCUT2D eigenvalue weighted by molar-refractivity contribution is 9.10. The maximum Gasteiger partial charge on any atom is 0.240 e. The predicted octanol–water partition coefficient (Wildman–Crippen LogP) is 1.60. The van der Waals surface area contributed by atoms with E-state index < -0.39 is 0 Å². The molecule has 94 valence electrons. The van der Waals surface area contributed by atoms with E-state index in [9.17, 15) is 4.79 Å². The third kappa shape index (κ3) is 3.00. The highest BCUT2D eigenvalue weighted by Gasteiger charge is 2.28. The molecule has 1 aliphatic heterocycles. The van der Waals surface area contributed by atoms with Crippen LogP contribution in [0.2, 0.25) is 4.34 Å². The number of nitrogens with zero attached hydrogens (tertiary/aromatic N) is 1. The quantitative estimate of drug-likeness (QED) is 0.880. The van der Waals surface area contributed by atoms with Crippen molar-refractivity contribution in [2.75, 3.05) is 26.2 Å². The van der Waals surface area contributed by atoms with E-state index in [1.54, 1.807) is 0 Å². The first-order valence-corrected chi connectivity index (χ1v) is 7.27. The molecule has 1 unspecified atom stereocenters. The Hall–Kier alpha value is -0.140. The lowest BCUT2D eigenvalue weighted by Gasteiger charge is -2.32. The molecule has 7 heteroatoms. The van der Waals surface area contributed by atoms with E-state index in [-0.39, 0.29) is 11.9 Å². The highest BCUT2D eigenvalue weighted by Crippen LogP contribution is 2.37. The first-order chi connectivity index (χ1) is 8.09. The van der Waals surface area contributed by atoms with Gasteiger partial charge in [0.25, 0.3) is 0 Å². The lowest BCUT2D eigenvalue weighted by molar-refractivity contribution is -0.123. The van der Waals surface area contributed by atoms with Crippen molar-refractivity contribution in [3.63, 3.8) is 0 Å². The van der Waals surface area contributed by atoms with E-state index in [0.717, 1.165) is 35.5 Å². The van der Waals surface area contributed by atoms with Crippen molar-refractivity contribution in [1.29, 1.82) is 0 Å². The largest absolute Gasteiger partial charge is 0.368 e. The first kappa shape index (κ1) is 13.3. The second kappa shape index (κ2) is 5.67. The number of primary amides is 1.